The number of nitrogen functional groups attached to an aromatic ring is 1. The number of carbonyl (C=O) groups is 1. The summed E-state index contributed by atoms with van der Waals surface area (Å²) in [6, 6.07) is 26.7. The number of nitrogens with two attached hydrogens (primary N) is 1. The number of hydrogen-bond acceptors (Lipinski definition) is 6. The third-order valence-corrected chi connectivity index (χ3v) is 7.56. The van der Waals surface area contributed by atoms with Gasteiger partial charge in [0.1, 0.15) is 11.3 Å². The lowest BCUT2D eigenvalue weighted by atomic mass is 10.0. The molecule has 3 N–H and O–H groups in total. The van der Waals surface area contributed by atoms with Crippen molar-refractivity contribution in [2.45, 2.75) is 32.4 Å². The zero-order chi connectivity index (χ0) is 28.3. The number of pyridine rings is 2. The van der Waals surface area contributed by atoms with E-state index in [0.717, 1.165) is 66.1 Å². The van der Waals surface area contributed by atoms with E-state index in [-0.39, 0.29) is 11.9 Å². The number of rotatable bonds is 7. The highest BCUT2D eigenvalue weighted by atomic mass is 16.1. The van der Waals surface area contributed by atoms with Crippen LogP contribution in [0.4, 0.5) is 5.82 Å². The van der Waals surface area contributed by atoms with Gasteiger partial charge in [0.2, 0.25) is 5.91 Å². The Morgan fingerprint density at radius 2 is 1.73 bits per heavy atom. The number of likely N-dealkylation sites (tertiary alicyclic amines) is 1. The summed E-state index contributed by atoms with van der Waals surface area (Å²) in [5, 5.41) is 3.08. The highest BCUT2D eigenvalue weighted by Crippen LogP contribution is 2.32. The van der Waals surface area contributed by atoms with Crippen LogP contribution >= 0.6 is 0 Å². The Kier molecular flexibility index (Phi) is 7.31. The molecular weight excluding hydrogens is 510 g/mol. The summed E-state index contributed by atoms with van der Waals surface area (Å²) >= 11 is 0. The minimum atomic E-state index is -0.0520. The van der Waals surface area contributed by atoms with Gasteiger partial charge in [0.15, 0.2) is 11.5 Å². The van der Waals surface area contributed by atoms with Crippen LogP contribution in [0.1, 0.15) is 25.3 Å². The van der Waals surface area contributed by atoms with Crippen LogP contribution < -0.4 is 11.1 Å². The van der Waals surface area contributed by atoms with Crippen LogP contribution in [0, 0.1) is 0 Å². The molecule has 0 atom stereocenters. The number of anilines is 1. The lowest BCUT2D eigenvalue weighted by Gasteiger charge is -2.32. The van der Waals surface area contributed by atoms with Gasteiger partial charge in [0.05, 0.1) is 11.3 Å². The van der Waals surface area contributed by atoms with Crippen molar-refractivity contribution < 1.29 is 4.79 Å². The molecule has 1 aliphatic heterocycles. The molecule has 1 fully saturated rings. The predicted molar refractivity (Wildman–Crippen MR) is 163 cm³/mol. The molecule has 8 nitrogen and oxygen atoms in total. The maximum atomic E-state index is 12.0. The van der Waals surface area contributed by atoms with Crippen LogP contribution in [-0.4, -0.2) is 49.5 Å². The molecule has 41 heavy (non-hydrogen) atoms. The molecule has 3 aromatic heterocycles. The van der Waals surface area contributed by atoms with Gasteiger partial charge < -0.3 is 11.1 Å². The van der Waals surface area contributed by atoms with Gasteiger partial charge in [-0.2, -0.15) is 0 Å². The second kappa shape index (κ2) is 11.3. The van der Waals surface area contributed by atoms with Crippen molar-refractivity contribution in [1.29, 1.82) is 0 Å². The Labute approximate surface area is 239 Å². The van der Waals surface area contributed by atoms with Crippen LogP contribution in [0.25, 0.3) is 39.5 Å². The first-order valence-corrected chi connectivity index (χ1v) is 13.9. The molecule has 0 unspecified atom stereocenters. The van der Waals surface area contributed by atoms with Gasteiger partial charge >= 0.3 is 0 Å². The summed E-state index contributed by atoms with van der Waals surface area (Å²) < 4.78 is 2.06. The molecular formula is C33H33N7O. The highest BCUT2D eigenvalue weighted by Gasteiger charge is 2.22. The van der Waals surface area contributed by atoms with Crippen LogP contribution in [-0.2, 0) is 11.3 Å². The number of imidazole rings is 1. The average Bonchev–Trinajstić information content (AvgIpc) is 3.37. The van der Waals surface area contributed by atoms with E-state index in [9.17, 15) is 4.79 Å². The lowest BCUT2D eigenvalue weighted by Crippen LogP contribution is -2.44. The van der Waals surface area contributed by atoms with Crippen molar-refractivity contribution in [2.75, 3.05) is 18.8 Å². The molecule has 1 saturated heterocycles. The minimum absolute atomic E-state index is 0.0520. The standard InChI is InChI=1S/C33H33N7O/c1-22(2)33(41)36-25-16-19-39(20-17-25)21-23-10-12-26(13-11-23)40-31(27-9-6-18-35-30(27)34)38-29-15-14-28(37-32(29)40)24-7-4-3-5-8-24/h3-15,18,25H,1,16-17,19-21H2,2H3,(H2,34,35)(H,36,41). The molecule has 0 aliphatic carbocycles. The first-order chi connectivity index (χ1) is 20.0. The van der Waals surface area contributed by atoms with Crippen molar-refractivity contribution in [3.05, 3.63) is 103 Å². The van der Waals surface area contributed by atoms with Crippen LogP contribution in [0.3, 0.4) is 0 Å². The third-order valence-electron chi connectivity index (χ3n) is 7.56. The highest BCUT2D eigenvalue weighted by molar-refractivity contribution is 5.92. The van der Waals surface area contributed by atoms with Crippen LogP contribution in [0.5, 0.6) is 0 Å². The molecule has 1 amide bonds. The summed E-state index contributed by atoms with van der Waals surface area (Å²) in [5.74, 6) is 1.07. The van der Waals surface area contributed by atoms with E-state index < -0.39 is 0 Å². The first kappa shape index (κ1) is 26.4. The second-order valence-electron chi connectivity index (χ2n) is 10.6. The number of aromatic nitrogens is 4. The summed E-state index contributed by atoms with van der Waals surface area (Å²) in [6.07, 6.45) is 3.55. The number of nitrogens with zero attached hydrogens (tertiary/aromatic N) is 5. The van der Waals surface area contributed by atoms with E-state index in [2.05, 4.69) is 62.7 Å². The Bertz CT molecular complexity index is 1700. The van der Waals surface area contributed by atoms with E-state index in [4.69, 9.17) is 15.7 Å². The van der Waals surface area contributed by atoms with Crippen molar-refractivity contribution in [3.63, 3.8) is 0 Å². The van der Waals surface area contributed by atoms with Gasteiger partial charge in [-0.05, 0) is 61.7 Å². The fraction of sp³-hybridized carbons (Fsp3) is 0.212. The fourth-order valence-corrected chi connectivity index (χ4v) is 5.31. The van der Waals surface area contributed by atoms with Gasteiger partial charge in [-0.15, -0.1) is 0 Å². The largest absolute Gasteiger partial charge is 0.383 e. The molecule has 1 aliphatic rings. The van der Waals surface area contributed by atoms with E-state index in [0.29, 0.717) is 17.2 Å². The number of carbonyl (C=O) groups excluding carboxylic acids is 1. The molecule has 0 saturated carbocycles. The predicted octanol–water partition coefficient (Wildman–Crippen LogP) is 5.39. The molecule has 6 rings (SSSR count). The van der Waals surface area contributed by atoms with Crippen molar-refractivity contribution >= 4 is 22.9 Å². The van der Waals surface area contributed by atoms with Gasteiger partial charge in [-0.1, -0.05) is 49.0 Å². The molecule has 5 aromatic rings. The maximum Gasteiger partial charge on any atom is 0.246 e. The Morgan fingerprint density at radius 1 is 0.976 bits per heavy atom. The average molecular weight is 544 g/mol. The van der Waals surface area contributed by atoms with E-state index in [1.165, 1.54) is 5.56 Å². The minimum Gasteiger partial charge on any atom is -0.383 e. The van der Waals surface area contributed by atoms with E-state index >= 15 is 0 Å². The summed E-state index contributed by atoms with van der Waals surface area (Å²) in [5.41, 5.74) is 13.3. The Morgan fingerprint density at radius 3 is 2.44 bits per heavy atom. The number of fused-ring (bicyclic) bond motifs is 1. The number of amides is 1. The number of benzene rings is 2. The Balaban J connectivity index is 1.29. The quantitative estimate of drug-likeness (QED) is 0.267. The van der Waals surface area contributed by atoms with Crippen molar-refractivity contribution in [1.82, 2.24) is 29.7 Å². The maximum absolute atomic E-state index is 12.0. The van der Waals surface area contributed by atoms with Crippen LogP contribution in [0.2, 0.25) is 0 Å². The van der Waals surface area contributed by atoms with Crippen molar-refractivity contribution in [2.24, 2.45) is 0 Å². The van der Waals surface area contributed by atoms with Gasteiger partial charge in [0, 0.05) is 48.7 Å². The number of nitrogens with one attached hydrogen (secondary N) is 1. The SMILES string of the molecule is C=C(C)C(=O)NC1CCN(Cc2ccc(-n3c(-c4cccnc4N)nc4ccc(-c5ccccc5)nc43)cc2)CC1. The summed E-state index contributed by atoms with van der Waals surface area (Å²) in [6.45, 7) is 8.21. The topological polar surface area (TPSA) is 102 Å². The number of piperidine rings is 1. The third kappa shape index (κ3) is 5.60. The second-order valence-corrected chi connectivity index (χ2v) is 10.6. The molecule has 0 radical (unpaired) electrons. The molecule has 206 valence electrons. The smallest absolute Gasteiger partial charge is 0.246 e. The fourth-order valence-electron chi connectivity index (χ4n) is 5.31. The first-order valence-electron chi connectivity index (χ1n) is 13.9. The van der Waals surface area contributed by atoms with E-state index in [1.54, 1.807) is 13.1 Å². The molecule has 8 heteroatoms. The molecule has 2 aromatic carbocycles. The Hall–Kier alpha value is -4.82. The van der Waals surface area contributed by atoms with Gasteiger partial charge in [0.25, 0.3) is 0 Å². The summed E-state index contributed by atoms with van der Waals surface area (Å²) in [4.78, 5) is 28.7. The van der Waals surface area contributed by atoms with Gasteiger partial charge in [-0.3, -0.25) is 14.3 Å². The number of hydrogen-bond donors (Lipinski definition) is 2. The van der Waals surface area contributed by atoms with Crippen molar-refractivity contribution in [3.8, 4) is 28.3 Å². The van der Waals surface area contributed by atoms with Gasteiger partial charge in [-0.25, -0.2) is 15.0 Å². The zero-order valence-electron chi connectivity index (χ0n) is 23.1. The lowest BCUT2D eigenvalue weighted by molar-refractivity contribution is -0.118. The van der Waals surface area contributed by atoms with E-state index in [1.807, 2.05) is 42.5 Å². The molecule has 4 heterocycles. The van der Waals surface area contributed by atoms with Crippen LogP contribution in [0.15, 0.2) is 97.2 Å². The molecule has 0 bridgehead atoms. The monoisotopic (exact) mass is 543 g/mol. The zero-order valence-corrected chi connectivity index (χ0v) is 23.1. The molecule has 0 spiro atoms. The summed E-state index contributed by atoms with van der Waals surface area (Å²) in [7, 11) is 0. The normalized spacial score (nSPS) is 14.3.